The van der Waals surface area contributed by atoms with E-state index < -0.39 is 6.04 Å². The smallest absolute Gasteiger partial charge is 0.319 e. The van der Waals surface area contributed by atoms with Crippen molar-refractivity contribution in [2.45, 2.75) is 13.0 Å². The number of nitrogens with zero attached hydrogens (tertiary/aromatic N) is 1. The van der Waals surface area contributed by atoms with Gasteiger partial charge in [-0.2, -0.15) is 0 Å². The van der Waals surface area contributed by atoms with Crippen LogP contribution in [0.4, 0.5) is 4.79 Å². The van der Waals surface area contributed by atoms with Gasteiger partial charge in [0, 0.05) is 29.8 Å². The van der Waals surface area contributed by atoms with Crippen molar-refractivity contribution in [3.05, 3.63) is 45.1 Å². The molecule has 112 valence electrons. The predicted molar refractivity (Wildman–Crippen MR) is 82.3 cm³/mol. The fourth-order valence-corrected chi connectivity index (χ4v) is 2.70. The van der Waals surface area contributed by atoms with E-state index in [9.17, 15) is 9.59 Å². The van der Waals surface area contributed by atoms with E-state index in [1.807, 2.05) is 0 Å². The van der Waals surface area contributed by atoms with Gasteiger partial charge in [-0.05, 0) is 24.6 Å². The number of amides is 3. The fraction of sp³-hybridized carbons (Fsp3) is 0.286. The first-order valence-electron chi connectivity index (χ1n) is 6.26. The molecule has 0 spiro atoms. The highest BCUT2D eigenvalue weighted by Gasteiger charge is 2.33. The molecule has 0 unspecified atom stereocenters. The predicted octanol–water partition coefficient (Wildman–Crippen LogP) is 2.71. The molecule has 1 aliphatic rings. The van der Waals surface area contributed by atoms with Gasteiger partial charge in [-0.15, -0.1) is 0 Å². The Hall–Kier alpha value is -1.72. The van der Waals surface area contributed by atoms with Crippen LogP contribution in [0.3, 0.4) is 0 Å². The lowest BCUT2D eigenvalue weighted by atomic mass is 9.94. The molecule has 2 N–H and O–H groups in total. The molecular weight excluding hydrogens is 313 g/mol. The van der Waals surface area contributed by atoms with Crippen LogP contribution in [0.5, 0.6) is 0 Å². The van der Waals surface area contributed by atoms with Crippen molar-refractivity contribution in [2.24, 2.45) is 0 Å². The van der Waals surface area contributed by atoms with Gasteiger partial charge in [0.2, 0.25) is 0 Å². The second-order valence-electron chi connectivity index (χ2n) is 4.94. The lowest BCUT2D eigenvalue weighted by Gasteiger charge is -2.30. The zero-order chi connectivity index (χ0) is 15.7. The first kappa shape index (κ1) is 15.7. The van der Waals surface area contributed by atoms with Gasteiger partial charge in [-0.25, -0.2) is 4.79 Å². The van der Waals surface area contributed by atoms with Crippen molar-refractivity contribution in [3.8, 4) is 0 Å². The van der Waals surface area contributed by atoms with Crippen LogP contribution >= 0.6 is 23.2 Å². The summed E-state index contributed by atoms with van der Waals surface area (Å²) < 4.78 is 0. The van der Waals surface area contributed by atoms with Gasteiger partial charge >= 0.3 is 6.03 Å². The van der Waals surface area contributed by atoms with Crippen molar-refractivity contribution in [1.29, 1.82) is 0 Å². The minimum atomic E-state index is -0.613. The van der Waals surface area contributed by atoms with Crippen LogP contribution in [0.15, 0.2) is 29.5 Å². The van der Waals surface area contributed by atoms with E-state index in [1.165, 1.54) is 4.90 Å². The normalized spacial score (nSPS) is 18.1. The van der Waals surface area contributed by atoms with Crippen molar-refractivity contribution in [1.82, 2.24) is 15.5 Å². The monoisotopic (exact) mass is 327 g/mol. The number of likely N-dealkylation sites (N-methyl/N-ethyl adjacent to an activating group) is 1. The summed E-state index contributed by atoms with van der Waals surface area (Å²) >= 11 is 12.1. The van der Waals surface area contributed by atoms with E-state index in [1.54, 1.807) is 39.2 Å². The highest BCUT2D eigenvalue weighted by Crippen LogP contribution is 2.33. The Labute approximate surface area is 132 Å². The summed E-state index contributed by atoms with van der Waals surface area (Å²) in [5, 5.41) is 6.22. The Balaban J connectivity index is 2.55. The van der Waals surface area contributed by atoms with Gasteiger partial charge in [0.1, 0.15) is 0 Å². The van der Waals surface area contributed by atoms with Crippen molar-refractivity contribution < 1.29 is 9.59 Å². The van der Waals surface area contributed by atoms with E-state index in [-0.39, 0.29) is 11.9 Å². The number of allylic oxidation sites excluding steroid dienone is 1. The molecule has 3 amide bonds. The molecule has 0 bridgehead atoms. The molecule has 0 aromatic heterocycles. The lowest BCUT2D eigenvalue weighted by molar-refractivity contribution is -0.125. The number of nitrogens with one attached hydrogen (secondary N) is 2. The summed E-state index contributed by atoms with van der Waals surface area (Å²) in [5.74, 6) is -0.198. The zero-order valence-electron chi connectivity index (χ0n) is 11.8. The molecule has 0 radical (unpaired) electrons. The highest BCUT2D eigenvalue weighted by atomic mass is 35.5. The van der Waals surface area contributed by atoms with Gasteiger partial charge in [0.05, 0.1) is 11.6 Å². The molecular formula is C14H15Cl2N3O2. The zero-order valence-corrected chi connectivity index (χ0v) is 13.3. The van der Waals surface area contributed by atoms with E-state index in [2.05, 4.69) is 10.6 Å². The molecule has 0 fully saturated rings. The number of hydrogen-bond donors (Lipinski definition) is 2. The first-order valence-corrected chi connectivity index (χ1v) is 7.01. The molecule has 21 heavy (non-hydrogen) atoms. The minimum absolute atomic E-state index is 0.198. The van der Waals surface area contributed by atoms with Crippen molar-refractivity contribution in [2.75, 3.05) is 14.1 Å². The third-order valence-corrected chi connectivity index (χ3v) is 3.74. The van der Waals surface area contributed by atoms with Crippen molar-refractivity contribution >= 4 is 35.1 Å². The second-order valence-corrected chi connectivity index (χ2v) is 5.78. The van der Waals surface area contributed by atoms with Crippen LogP contribution in [-0.4, -0.2) is 30.9 Å². The van der Waals surface area contributed by atoms with E-state index in [4.69, 9.17) is 23.2 Å². The molecule has 0 saturated heterocycles. The second kappa shape index (κ2) is 5.95. The van der Waals surface area contributed by atoms with Gasteiger partial charge in [-0.3, -0.25) is 4.79 Å². The molecule has 5 nitrogen and oxygen atoms in total. The Morgan fingerprint density at radius 3 is 2.52 bits per heavy atom. The highest BCUT2D eigenvalue weighted by molar-refractivity contribution is 6.35. The first-order chi connectivity index (χ1) is 9.81. The molecule has 1 aromatic rings. The maximum Gasteiger partial charge on any atom is 0.319 e. The standard InChI is InChI=1S/C14H15Cl2N3O2/c1-7-11(13(20)19(2)3)12(18-14(21)17-7)9-5-4-8(15)6-10(9)16/h4-6,12H,1-3H3,(H2,17,18,21)/t12-/m1/s1. The maximum absolute atomic E-state index is 12.4. The quantitative estimate of drug-likeness (QED) is 0.877. The Kier molecular flexibility index (Phi) is 4.44. The summed E-state index contributed by atoms with van der Waals surface area (Å²) in [7, 11) is 3.30. The van der Waals surface area contributed by atoms with Crippen LogP contribution in [-0.2, 0) is 4.79 Å². The summed E-state index contributed by atoms with van der Waals surface area (Å²) in [6.45, 7) is 1.69. The van der Waals surface area contributed by atoms with Crippen LogP contribution in [0.2, 0.25) is 10.0 Å². The Morgan fingerprint density at radius 1 is 1.29 bits per heavy atom. The number of carbonyl (C=O) groups is 2. The summed E-state index contributed by atoms with van der Waals surface area (Å²) in [4.78, 5) is 25.6. The van der Waals surface area contributed by atoms with Crippen LogP contribution in [0.25, 0.3) is 0 Å². The van der Waals surface area contributed by atoms with Crippen molar-refractivity contribution in [3.63, 3.8) is 0 Å². The minimum Gasteiger partial charge on any atom is -0.345 e. The molecule has 1 heterocycles. The van der Waals surface area contributed by atoms with E-state index in [0.717, 1.165) is 0 Å². The number of halogens is 2. The average Bonchev–Trinajstić information content (AvgIpc) is 2.37. The summed E-state index contributed by atoms with van der Waals surface area (Å²) in [5.41, 5.74) is 1.58. The summed E-state index contributed by atoms with van der Waals surface area (Å²) in [6.07, 6.45) is 0. The van der Waals surface area contributed by atoms with Gasteiger partial charge in [0.25, 0.3) is 5.91 Å². The molecule has 0 aliphatic carbocycles. The van der Waals surface area contributed by atoms with Gasteiger partial charge < -0.3 is 15.5 Å². The fourth-order valence-electron chi connectivity index (χ4n) is 2.19. The largest absolute Gasteiger partial charge is 0.345 e. The van der Waals surface area contributed by atoms with Gasteiger partial charge in [-0.1, -0.05) is 29.3 Å². The lowest BCUT2D eigenvalue weighted by Crippen LogP contribution is -2.46. The number of hydrogen-bond acceptors (Lipinski definition) is 2. The number of urea groups is 1. The Morgan fingerprint density at radius 2 is 1.95 bits per heavy atom. The molecule has 1 aliphatic heterocycles. The number of rotatable bonds is 2. The molecule has 1 aromatic carbocycles. The average molecular weight is 328 g/mol. The third-order valence-electron chi connectivity index (χ3n) is 3.18. The molecule has 1 atom stereocenters. The van der Waals surface area contributed by atoms with E-state index in [0.29, 0.717) is 26.9 Å². The van der Waals surface area contributed by atoms with Crippen LogP contribution in [0.1, 0.15) is 18.5 Å². The number of carbonyl (C=O) groups excluding carboxylic acids is 2. The molecule has 2 rings (SSSR count). The number of benzene rings is 1. The van der Waals surface area contributed by atoms with E-state index >= 15 is 0 Å². The maximum atomic E-state index is 12.4. The van der Waals surface area contributed by atoms with Gasteiger partial charge in [0.15, 0.2) is 0 Å². The summed E-state index contributed by atoms with van der Waals surface area (Å²) in [6, 6.07) is 3.97. The topological polar surface area (TPSA) is 61.4 Å². The molecule has 7 heteroatoms. The third kappa shape index (κ3) is 3.14. The molecule has 0 saturated carbocycles. The Bertz CT molecular complexity index is 641. The van der Waals surface area contributed by atoms with Crippen LogP contribution in [0, 0.1) is 0 Å². The van der Waals surface area contributed by atoms with Crippen LogP contribution < -0.4 is 10.6 Å². The SMILES string of the molecule is CC1=C(C(=O)N(C)C)[C@@H](c2ccc(Cl)cc2Cl)NC(=O)N1.